The smallest absolute Gasteiger partial charge is 0.323 e. The summed E-state index contributed by atoms with van der Waals surface area (Å²) in [4.78, 5) is 12.3. The molecule has 0 aliphatic carbocycles. The van der Waals surface area contributed by atoms with Gasteiger partial charge in [0.05, 0.1) is 12.8 Å². The fourth-order valence-corrected chi connectivity index (χ4v) is 3.34. The standard InChI is InChI=1S/C25H26N6O3/c1-15-14-21(33-5)10-11-22(15)27-25(32)26-19-6-8-20(9-7-19)34-24-13-12-23(28-29-24)31-18(4)16(2)17(3)30-31/h6-14H,1-5H3,(H2,26,27,32). The highest BCUT2D eigenvalue weighted by atomic mass is 16.5. The molecule has 4 aromatic rings. The average Bonchev–Trinajstić information content (AvgIpc) is 3.09. The van der Waals surface area contributed by atoms with Crippen molar-refractivity contribution < 1.29 is 14.3 Å². The van der Waals surface area contributed by atoms with E-state index in [1.54, 1.807) is 54.3 Å². The Morgan fingerprint density at radius 3 is 2.21 bits per heavy atom. The number of nitrogens with one attached hydrogen (secondary N) is 2. The first-order valence-corrected chi connectivity index (χ1v) is 10.7. The van der Waals surface area contributed by atoms with E-state index in [0.717, 1.165) is 28.3 Å². The van der Waals surface area contributed by atoms with Gasteiger partial charge < -0.3 is 20.1 Å². The molecule has 0 aliphatic rings. The molecule has 2 amide bonds. The largest absolute Gasteiger partial charge is 0.497 e. The number of hydrogen-bond donors (Lipinski definition) is 2. The van der Waals surface area contributed by atoms with E-state index in [9.17, 15) is 4.79 Å². The molecule has 0 bridgehead atoms. The number of benzene rings is 2. The van der Waals surface area contributed by atoms with Crippen molar-refractivity contribution in [1.82, 2.24) is 20.0 Å². The molecule has 34 heavy (non-hydrogen) atoms. The first-order valence-electron chi connectivity index (χ1n) is 10.7. The number of aromatic nitrogens is 4. The lowest BCUT2D eigenvalue weighted by atomic mass is 10.2. The maximum atomic E-state index is 12.3. The van der Waals surface area contributed by atoms with Crippen molar-refractivity contribution in [2.45, 2.75) is 27.7 Å². The molecule has 9 nitrogen and oxygen atoms in total. The van der Waals surface area contributed by atoms with Crippen molar-refractivity contribution in [1.29, 1.82) is 0 Å². The van der Waals surface area contributed by atoms with E-state index in [1.807, 2.05) is 39.8 Å². The average molecular weight is 459 g/mol. The molecule has 0 aliphatic heterocycles. The molecule has 2 aromatic carbocycles. The fraction of sp³-hybridized carbons (Fsp3) is 0.200. The lowest BCUT2D eigenvalue weighted by Gasteiger charge is -2.11. The number of carbonyl (C=O) groups excluding carboxylic acids is 1. The van der Waals surface area contributed by atoms with Gasteiger partial charge in [0.15, 0.2) is 5.82 Å². The number of rotatable bonds is 6. The molecule has 0 saturated carbocycles. The van der Waals surface area contributed by atoms with Crippen LogP contribution in [0.15, 0.2) is 54.6 Å². The van der Waals surface area contributed by atoms with Crippen molar-refractivity contribution in [3.63, 3.8) is 0 Å². The Kier molecular flexibility index (Phi) is 6.44. The third-order valence-electron chi connectivity index (χ3n) is 5.51. The zero-order chi connectivity index (χ0) is 24.2. The zero-order valence-electron chi connectivity index (χ0n) is 19.7. The second-order valence-corrected chi connectivity index (χ2v) is 7.82. The molecule has 0 unspecified atom stereocenters. The number of anilines is 2. The van der Waals surface area contributed by atoms with Crippen LogP contribution in [0.2, 0.25) is 0 Å². The second-order valence-electron chi connectivity index (χ2n) is 7.82. The van der Waals surface area contributed by atoms with Crippen molar-refractivity contribution >= 4 is 17.4 Å². The lowest BCUT2D eigenvalue weighted by molar-refractivity contribution is 0.262. The van der Waals surface area contributed by atoms with Gasteiger partial charge in [0.25, 0.3) is 0 Å². The molecule has 4 rings (SSSR count). The van der Waals surface area contributed by atoms with Crippen molar-refractivity contribution in [2.24, 2.45) is 0 Å². The predicted octanol–water partition coefficient (Wildman–Crippen LogP) is 5.34. The molecule has 2 N–H and O–H groups in total. The van der Waals surface area contributed by atoms with Gasteiger partial charge in [0, 0.05) is 23.1 Å². The number of nitrogens with zero attached hydrogens (tertiary/aromatic N) is 4. The Hall–Kier alpha value is -4.40. The molecule has 2 aromatic heterocycles. The Balaban J connectivity index is 1.36. The Morgan fingerprint density at radius 2 is 1.62 bits per heavy atom. The van der Waals surface area contributed by atoms with Gasteiger partial charge in [-0.1, -0.05) is 0 Å². The van der Waals surface area contributed by atoms with Crippen LogP contribution < -0.4 is 20.1 Å². The summed E-state index contributed by atoms with van der Waals surface area (Å²) in [7, 11) is 1.60. The first-order chi connectivity index (χ1) is 16.3. The highest BCUT2D eigenvalue weighted by Gasteiger charge is 2.11. The van der Waals surface area contributed by atoms with E-state index < -0.39 is 0 Å². The topological polar surface area (TPSA) is 103 Å². The number of amides is 2. The van der Waals surface area contributed by atoms with Gasteiger partial charge in [-0.15, -0.1) is 10.2 Å². The number of urea groups is 1. The summed E-state index contributed by atoms with van der Waals surface area (Å²) in [6.07, 6.45) is 0. The summed E-state index contributed by atoms with van der Waals surface area (Å²) >= 11 is 0. The van der Waals surface area contributed by atoms with Crippen LogP contribution in [0.4, 0.5) is 16.2 Å². The highest BCUT2D eigenvalue weighted by molar-refractivity contribution is 6.00. The van der Waals surface area contributed by atoms with E-state index in [-0.39, 0.29) is 6.03 Å². The third kappa shape index (κ3) is 4.98. The monoisotopic (exact) mass is 458 g/mol. The molecule has 0 atom stereocenters. The maximum absolute atomic E-state index is 12.3. The van der Waals surface area contributed by atoms with Crippen molar-refractivity contribution in [3.05, 3.63) is 77.1 Å². The molecular formula is C25H26N6O3. The van der Waals surface area contributed by atoms with Gasteiger partial charge in [-0.3, -0.25) is 0 Å². The zero-order valence-corrected chi connectivity index (χ0v) is 19.7. The summed E-state index contributed by atoms with van der Waals surface area (Å²) in [5.74, 6) is 2.29. The molecule has 0 spiro atoms. The van der Waals surface area contributed by atoms with Crippen LogP contribution in [0.5, 0.6) is 17.4 Å². The predicted molar refractivity (Wildman–Crippen MR) is 130 cm³/mol. The SMILES string of the molecule is COc1ccc(NC(=O)Nc2ccc(Oc3ccc(-n4nc(C)c(C)c4C)nn3)cc2)c(C)c1. The van der Waals surface area contributed by atoms with E-state index in [1.165, 1.54) is 0 Å². The fourth-order valence-electron chi connectivity index (χ4n) is 3.34. The summed E-state index contributed by atoms with van der Waals surface area (Å²) in [6, 6.07) is 15.6. The van der Waals surface area contributed by atoms with E-state index >= 15 is 0 Å². The van der Waals surface area contributed by atoms with Gasteiger partial charge in [0.1, 0.15) is 11.5 Å². The van der Waals surface area contributed by atoms with Gasteiger partial charge in [-0.05, 0) is 87.4 Å². The summed E-state index contributed by atoms with van der Waals surface area (Å²) in [6.45, 7) is 7.89. The van der Waals surface area contributed by atoms with Crippen LogP contribution in [-0.2, 0) is 0 Å². The van der Waals surface area contributed by atoms with Crippen LogP contribution in [-0.4, -0.2) is 33.1 Å². The third-order valence-corrected chi connectivity index (χ3v) is 5.51. The number of methoxy groups -OCH3 is 1. The quantitative estimate of drug-likeness (QED) is 0.404. The number of aryl methyl sites for hydroxylation is 2. The second kappa shape index (κ2) is 9.62. The molecule has 0 saturated heterocycles. The number of ether oxygens (including phenoxy) is 2. The summed E-state index contributed by atoms with van der Waals surface area (Å²) in [5, 5.41) is 18.5. The molecule has 2 heterocycles. The molecule has 0 radical (unpaired) electrons. The Bertz CT molecular complexity index is 1310. The summed E-state index contributed by atoms with van der Waals surface area (Å²) < 4.78 is 12.7. The van der Waals surface area contributed by atoms with Crippen LogP contribution in [0.25, 0.3) is 5.82 Å². The molecule has 0 fully saturated rings. The van der Waals surface area contributed by atoms with E-state index in [2.05, 4.69) is 25.9 Å². The minimum absolute atomic E-state index is 0.345. The van der Waals surface area contributed by atoms with Crippen LogP contribution >= 0.6 is 0 Å². The summed E-state index contributed by atoms with van der Waals surface area (Å²) in [5.41, 5.74) is 5.34. The normalized spacial score (nSPS) is 10.6. The molecule has 174 valence electrons. The van der Waals surface area contributed by atoms with Crippen LogP contribution in [0, 0.1) is 27.7 Å². The Morgan fingerprint density at radius 1 is 0.882 bits per heavy atom. The van der Waals surface area contributed by atoms with E-state index in [0.29, 0.717) is 28.8 Å². The number of carbonyl (C=O) groups is 1. The van der Waals surface area contributed by atoms with Crippen LogP contribution in [0.1, 0.15) is 22.5 Å². The molecular weight excluding hydrogens is 432 g/mol. The Labute approximate surface area is 197 Å². The van der Waals surface area contributed by atoms with Gasteiger partial charge >= 0.3 is 6.03 Å². The van der Waals surface area contributed by atoms with Crippen LogP contribution in [0.3, 0.4) is 0 Å². The van der Waals surface area contributed by atoms with Gasteiger partial charge in [0.2, 0.25) is 5.88 Å². The number of hydrogen-bond acceptors (Lipinski definition) is 6. The maximum Gasteiger partial charge on any atom is 0.323 e. The highest BCUT2D eigenvalue weighted by Crippen LogP contribution is 2.24. The van der Waals surface area contributed by atoms with Crippen molar-refractivity contribution in [3.8, 4) is 23.2 Å². The minimum atomic E-state index is -0.345. The molecule has 9 heteroatoms. The van der Waals surface area contributed by atoms with Gasteiger partial charge in [-0.2, -0.15) is 5.10 Å². The lowest BCUT2D eigenvalue weighted by Crippen LogP contribution is -2.19. The minimum Gasteiger partial charge on any atom is -0.497 e. The van der Waals surface area contributed by atoms with Gasteiger partial charge in [-0.25, -0.2) is 9.48 Å². The van der Waals surface area contributed by atoms with E-state index in [4.69, 9.17) is 9.47 Å². The van der Waals surface area contributed by atoms with Crippen molar-refractivity contribution in [2.75, 3.05) is 17.7 Å². The first kappa shape index (κ1) is 22.8.